The molecule has 0 aliphatic carbocycles. The summed E-state index contributed by atoms with van der Waals surface area (Å²) < 4.78 is 5.69. The second-order valence-electron chi connectivity index (χ2n) is 5.07. The number of anilines is 1. The maximum atomic E-state index is 12.4. The summed E-state index contributed by atoms with van der Waals surface area (Å²) in [5, 5.41) is 0. The summed E-state index contributed by atoms with van der Waals surface area (Å²) in [5.41, 5.74) is 0.728. The van der Waals surface area contributed by atoms with Gasteiger partial charge in [-0.3, -0.25) is 9.59 Å². The number of amides is 1. The van der Waals surface area contributed by atoms with Crippen LogP contribution in [0.15, 0.2) is 18.2 Å². The first kappa shape index (κ1) is 12.6. The average molecular weight is 247 g/mol. The molecule has 1 amide bonds. The van der Waals surface area contributed by atoms with Gasteiger partial charge in [0, 0.05) is 12.1 Å². The van der Waals surface area contributed by atoms with Gasteiger partial charge in [-0.1, -0.05) is 0 Å². The fourth-order valence-electron chi connectivity index (χ4n) is 2.05. The molecular formula is C14H17NO3. The predicted molar refractivity (Wildman–Crippen MR) is 69.1 cm³/mol. The van der Waals surface area contributed by atoms with Crippen LogP contribution in [-0.4, -0.2) is 25.3 Å². The van der Waals surface area contributed by atoms with Crippen molar-refractivity contribution in [3.8, 4) is 5.75 Å². The topological polar surface area (TPSA) is 46.6 Å². The van der Waals surface area contributed by atoms with Crippen molar-refractivity contribution < 1.29 is 14.3 Å². The van der Waals surface area contributed by atoms with E-state index in [0.717, 1.165) is 12.0 Å². The van der Waals surface area contributed by atoms with Crippen LogP contribution in [0.2, 0.25) is 0 Å². The van der Waals surface area contributed by atoms with Crippen LogP contribution in [0.3, 0.4) is 0 Å². The Morgan fingerprint density at radius 1 is 1.44 bits per heavy atom. The molecule has 18 heavy (non-hydrogen) atoms. The number of hydrogen-bond donors (Lipinski definition) is 0. The fraction of sp³-hybridized carbons (Fsp3) is 0.429. The molecule has 0 saturated carbocycles. The van der Waals surface area contributed by atoms with Gasteiger partial charge >= 0.3 is 0 Å². The molecule has 0 spiro atoms. The molecule has 1 heterocycles. The summed E-state index contributed by atoms with van der Waals surface area (Å²) >= 11 is 0. The van der Waals surface area contributed by atoms with Crippen molar-refractivity contribution >= 4 is 17.9 Å². The Kier molecular flexibility index (Phi) is 3.11. The van der Waals surface area contributed by atoms with E-state index in [2.05, 4.69) is 0 Å². The monoisotopic (exact) mass is 247 g/mol. The van der Waals surface area contributed by atoms with Gasteiger partial charge in [0.2, 0.25) is 5.91 Å². The Morgan fingerprint density at radius 3 is 2.78 bits per heavy atom. The number of ether oxygens (including phenoxy) is 1. The molecule has 0 N–H and O–H groups in total. The minimum atomic E-state index is -0.559. The summed E-state index contributed by atoms with van der Waals surface area (Å²) in [6.45, 7) is 6.56. The van der Waals surface area contributed by atoms with Gasteiger partial charge in [-0.2, -0.15) is 0 Å². The third-order valence-corrected chi connectivity index (χ3v) is 3.14. The van der Waals surface area contributed by atoms with E-state index in [1.54, 1.807) is 23.1 Å². The van der Waals surface area contributed by atoms with E-state index in [1.807, 2.05) is 20.8 Å². The van der Waals surface area contributed by atoms with Crippen LogP contribution in [0, 0.1) is 5.41 Å². The molecule has 0 bridgehead atoms. The highest BCUT2D eigenvalue weighted by Crippen LogP contribution is 2.36. The number of carbonyl (C=O) groups excluding carboxylic acids is 2. The third-order valence-electron chi connectivity index (χ3n) is 3.14. The summed E-state index contributed by atoms with van der Waals surface area (Å²) in [7, 11) is 0. The van der Waals surface area contributed by atoms with E-state index in [0.29, 0.717) is 24.5 Å². The van der Waals surface area contributed by atoms with E-state index >= 15 is 0 Å². The van der Waals surface area contributed by atoms with Crippen molar-refractivity contribution in [3.63, 3.8) is 0 Å². The molecular weight excluding hydrogens is 230 g/mol. The molecule has 1 aromatic rings. The van der Waals surface area contributed by atoms with Crippen LogP contribution in [0.5, 0.6) is 5.75 Å². The molecule has 96 valence electrons. The maximum Gasteiger partial charge on any atom is 0.236 e. The lowest BCUT2D eigenvalue weighted by atomic mass is 9.93. The van der Waals surface area contributed by atoms with Crippen molar-refractivity contribution in [2.24, 2.45) is 5.41 Å². The number of rotatable bonds is 2. The minimum Gasteiger partial charge on any atom is -0.490 e. The van der Waals surface area contributed by atoms with Crippen LogP contribution in [-0.2, 0) is 4.79 Å². The first-order chi connectivity index (χ1) is 8.49. The summed E-state index contributed by atoms with van der Waals surface area (Å²) in [6.07, 6.45) is 0.776. The minimum absolute atomic E-state index is 0.0441. The first-order valence-electron chi connectivity index (χ1n) is 6.03. The number of carbonyl (C=O) groups is 2. The van der Waals surface area contributed by atoms with E-state index in [9.17, 15) is 9.59 Å². The molecule has 1 aliphatic rings. The lowest BCUT2D eigenvalue weighted by molar-refractivity contribution is -0.127. The second kappa shape index (κ2) is 4.44. The maximum absolute atomic E-state index is 12.4. The van der Waals surface area contributed by atoms with Crippen molar-refractivity contribution in [1.29, 1.82) is 0 Å². The van der Waals surface area contributed by atoms with E-state index in [1.165, 1.54) is 0 Å². The summed E-state index contributed by atoms with van der Waals surface area (Å²) in [4.78, 5) is 24.9. The van der Waals surface area contributed by atoms with E-state index in [4.69, 9.17) is 4.74 Å². The Labute approximate surface area is 107 Å². The van der Waals surface area contributed by atoms with Gasteiger partial charge in [-0.25, -0.2) is 0 Å². The molecule has 1 aromatic carbocycles. The molecule has 1 aliphatic heterocycles. The van der Waals surface area contributed by atoms with Crippen molar-refractivity contribution in [3.05, 3.63) is 23.8 Å². The van der Waals surface area contributed by atoms with Crippen LogP contribution in [0.25, 0.3) is 0 Å². The Hall–Kier alpha value is -1.84. The fourth-order valence-corrected chi connectivity index (χ4v) is 2.05. The molecule has 0 radical (unpaired) electrons. The standard InChI is InChI=1S/C14H17NO3/c1-4-15-11-6-5-10(8-16)7-12(11)18-9-14(2,3)13(15)17/h5-8H,4,9H2,1-3H3. The summed E-state index contributed by atoms with van der Waals surface area (Å²) in [5.74, 6) is 0.642. The molecule has 0 aromatic heterocycles. The second-order valence-corrected chi connectivity index (χ2v) is 5.07. The number of fused-ring (bicyclic) bond motifs is 1. The van der Waals surface area contributed by atoms with Crippen LogP contribution >= 0.6 is 0 Å². The predicted octanol–water partition coefficient (Wildman–Crippen LogP) is 2.27. The Morgan fingerprint density at radius 2 is 2.17 bits per heavy atom. The van der Waals surface area contributed by atoms with Gasteiger partial charge in [-0.05, 0) is 39.0 Å². The normalized spacial score (nSPS) is 17.7. The molecule has 0 unspecified atom stereocenters. The van der Waals surface area contributed by atoms with Gasteiger partial charge in [0.15, 0.2) is 0 Å². The van der Waals surface area contributed by atoms with Crippen molar-refractivity contribution in [2.45, 2.75) is 20.8 Å². The van der Waals surface area contributed by atoms with Gasteiger partial charge in [-0.15, -0.1) is 0 Å². The van der Waals surface area contributed by atoms with Gasteiger partial charge in [0.1, 0.15) is 18.6 Å². The SMILES string of the molecule is CCN1C(=O)C(C)(C)COc2cc(C=O)ccc21. The lowest BCUT2D eigenvalue weighted by Crippen LogP contribution is -2.42. The number of benzene rings is 1. The van der Waals surface area contributed by atoms with E-state index < -0.39 is 5.41 Å². The molecule has 0 saturated heterocycles. The average Bonchev–Trinajstić information content (AvgIpc) is 2.46. The molecule has 4 nitrogen and oxygen atoms in total. The largest absolute Gasteiger partial charge is 0.490 e. The van der Waals surface area contributed by atoms with Crippen LogP contribution in [0.4, 0.5) is 5.69 Å². The molecule has 4 heteroatoms. The first-order valence-corrected chi connectivity index (χ1v) is 6.03. The zero-order valence-corrected chi connectivity index (χ0v) is 10.9. The molecule has 0 atom stereocenters. The molecule has 2 rings (SSSR count). The number of aldehydes is 1. The van der Waals surface area contributed by atoms with Gasteiger partial charge in [0.25, 0.3) is 0 Å². The zero-order valence-electron chi connectivity index (χ0n) is 10.9. The quantitative estimate of drug-likeness (QED) is 0.753. The summed E-state index contributed by atoms with van der Waals surface area (Å²) in [6, 6.07) is 5.14. The van der Waals surface area contributed by atoms with Crippen LogP contribution < -0.4 is 9.64 Å². The molecule has 0 fully saturated rings. The van der Waals surface area contributed by atoms with Gasteiger partial charge < -0.3 is 9.64 Å². The third kappa shape index (κ3) is 1.98. The Bertz CT molecular complexity index is 494. The highest BCUT2D eigenvalue weighted by molar-refractivity contribution is 5.99. The Balaban J connectivity index is 2.53. The smallest absolute Gasteiger partial charge is 0.236 e. The lowest BCUT2D eigenvalue weighted by Gasteiger charge is -2.26. The van der Waals surface area contributed by atoms with Crippen molar-refractivity contribution in [2.75, 3.05) is 18.1 Å². The van der Waals surface area contributed by atoms with Crippen LogP contribution in [0.1, 0.15) is 31.1 Å². The van der Waals surface area contributed by atoms with Crippen molar-refractivity contribution in [1.82, 2.24) is 0 Å². The van der Waals surface area contributed by atoms with E-state index in [-0.39, 0.29) is 5.91 Å². The highest BCUT2D eigenvalue weighted by atomic mass is 16.5. The highest BCUT2D eigenvalue weighted by Gasteiger charge is 2.37. The number of hydrogen-bond acceptors (Lipinski definition) is 3. The zero-order chi connectivity index (χ0) is 13.3. The van der Waals surface area contributed by atoms with Gasteiger partial charge in [0.05, 0.1) is 11.1 Å². The number of nitrogens with zero attached hydrogens (tertiary/aromatic N) is 1.